The molecule has 7 rings (SSSR count). The fourth-order valence-electron chi connectivity index (χ4n) is 5.22. The molecule has 1 heteroatoms. The highest BCUT2D eigenvalue weighted by molar-refractivity contribution is 7.13. The standard InChI is InChI=1S/C30H18S/c1-4-11-24-20(8-1)21-9-2-6-13-26(21)30-27-18-19(28-14-7-17-31-28)15-16-23(27)22-10-3-5-12-25(22)29(24)30/h1-18H. The Morgan fingerprint density at radius 1 is 0.387 bits per heavy atom. The number of fused-ring (bicyclic) bond motifs is 11. The molecule has 0 aliphatic carbocycles. The molecule has 0 nitrogen and oxygen atoms in total. The SMILES string of the molecule is c1csc(-c2ccc3c4ccccc4c4c5ccccc5c5ccccc5c4c3c2)c1. The zero-order chi connectivity index (χ0) is 20.4. The monoisotopic (exact) mass is 410 g/mol. The van der Waals surface area contributed by atoms with Gasteiger partial charge in [0.05, 0.1) is 0 Å². The van der Waals surface area contributed by atoms with Gasteiger partial charge < -0.3 is 0 Å². The second-order valence-corrected chi connectivity index (χ2v) is 9.07. The Morgan fingerprint density at radius 2 is 0.871 bits per heavy atom. The normalized spacial score (nSPS) is 11.9. The summed E-state index contributed by atoms with van der Waals surface area (Å²) in [5.74, 6) is 0. The topological polar surface area (TPSA) is 0 Å². The molecule has 0 spiro atoms. The second-order valence-electron chi connectivity index (χ2n) is 8.12. The summed E-state index contributed by atoms with van der Waals surface area (Å²) in [5, 5.41) is 15.5. The first-order chi connectivity index (χ1) is 15.4. The number of rotatable bonds is 1. The van der Waals surface area contributed by atoms with E-state index in [0.29, 0.717) is 0 Å². The third-order valence-corrected chi connectivity index (χ3v) is 7.43. The van der Waals surface area contributed by atoms with Crippen LogP contribution in [-0.2, 0) is 0 Å². The third-order valence-electron chi connectivity index (χ3n) is 6.51. The van der Waals surface area contributed by atoms with Gasteiger partial charge in [-0.1, -0.05) is 91.0 Å². The third kappa shape index (κ3) is 2.35. The smallest absolute Gasteiger partial charge is 0.0342 e. The number of hydrogen-bond acceptors (Lipinski definition) is 1. The molecule has 1 aromatic heterocycles. The van der Waals surface area contributed by atoms with Gasteiger partial charge in [-0.05, 0) is 76.9 Å². The second kappa shape index (κ2) is 6.41. The van der Waals surface area contributed by atoms with Crippen LogP contribution < -0.4 is 0 Å². The summed E-state index contributed by atoms with van der Waals surface area (Å²) in [6, 6.07) is 37.9. The summed E-state index contributed by atoms with van der Waals surface area (Å²) < 4.78 is 0. The molecule has 0 unspecified atom stereocenters. The van der Waals surface area contributed by atoms with E-state index in [0.717, 1.165) is 0 Å². The summed E-state index contributed by atoms with van der Waals surface area (Å²) >= 11 is 1.80. The van der Waals surface area contributed by atoms with E-state index >= 15 is 0 Å². The Kier molecular flexibility index (Phi) is 3.52. The largest absolute Gasteiger partial charge is 0.144 e. The van der Waals surface area contributed by atoms with Crippen LogP contribution >= 0.6 is 11.3 Å². The van der Waals surface area contributed by atoms with Crippen LogP contribution in [-0.4, -0.2) is 0 Å². The van der Waals surface area contributed by atoms with Crippen LogP contribution in [0.5, 0.6) is 0 Å². The lowest BCUT2D eigenvalue weighted by atomic mass is 9.87. The van der Waals surface area contributed by atoms with E-state index < -0.39 is 0 Å². The molecule has 0 aliphatic rings. The summed E-state index contributed by atoms with van der Waals surface area (Å²) in [4.78, 5) is 1.31. The van der Waals surface area contributed by atoms with Gasteiger partial charge in [-0.2, -0.15) is 0 Å². The minimum atomic E-state index is 1.29. The molecule has 7 aromatic rings. The van der Waals surface area contributed by atoms with E-state index in [1.807, 2.05) is 0 Å². The van der Waals surface area contributed by atoms with Gasteiger partial charge >= 0.3 is 0 Å². The lowest BCUT2D eigenvalue weighted by molar-refractivity contribution is 1.77. The van der Waals surface area contributed by atoms with Crippen molar-refractivity contribution >= 4 is 65.2 Å². The van der Waals surface area contributed by atoms with Gasteiger partial charge in [0, 0.05) is 4.88 Å². The van der Waals surface area contributed by atoms with Gasteiger partial charge in [0.1, 0.15) is 0 Å². The van der Waals surface area contributed by atoms with E-state index in [1.165, 1.54) is 64.3 Å². The highest BCUT2D eigenvalue weighted by atomic mass is 32.1. The Hall–Kier alpha value is -3.68. The summed E-state index contributed by atoms with van der Waals surface area (Å²) in [5.41, 5.74) is 1.29. The van der Waals surface area contributed by atoms with Crippen LogP contribution in [0.1, 0.15) is 0 Å². The fourth-order valence-corrected chi connectivity index (χ4v) is 5.94. The van der Waals surface area contributed by atoms with E-state index in [-0.39, 0.29) is 0 Å². The van der Waals surface area contributed by atoms with Crippen molar-refractivity contribution in [3.63, 3.8) is 0 Å². The molecule has 144 valence electrons. The average molecular weight is 411 g/mol. The zero-order valence-electron chi connectivity index (χ0n) is 16.8. The van der Waals surface area contributed by atoms with Crippen LogP contribution in [0.15, 0.2) is 109 Å². The molecule has 1 heterocycles. The molecule has 0 aliphatic heterocycles. The maximum Gasteiger partial charge on any atom is 0.0342 e. The Balaban J connectivity index is 1.85. The van der Waals surface area contributed by atoms with Gasteiger partial charge in [-0.25, -0.2) is 0 Å². The molecular weight excluding hydrogens is 392 g/mol. The van der Waals surface area contributed by atoms with Crippen LogP contribution in [0, 0.1) is 0 Å². The predicted octanol–water partition coefficient (Wildman–Crippen LogP) is 9.18. The summed E-state index contributed by atoms with van der Waals surface area (Å²) in [6.07, 6.45) is 0. The minimum Gasteiger partial charge on any atom is -0.144 e. The zero-order valence-corrected chi connectivity index (χ0v) is 17.6. The number of hydrogen-bond donors (Lipinski definition) is 0. The van der Waals surface area contributed by atoms with E-state index in [4.69, 9.17) is 0 Å². The summed E-state index contributed by atoms with van der Waals surface area (Å²) in [7, 11) is 0. The molecule has 0 N–H and O–H groups in total. The van der Waals surface area contributed by atoms with Crippen molar-refractivity contribution in [2.75, 3.05) is 0 Å². The van der Waals surface area contributed by atoms with Crippen molar-refractivity contribution in [2.45, 2.75) is 0 Å². The van der Waals surface area contributed by atoms with Crippen molar-refractivity contribution in [3.05, 3.63) is 109 Å². The van der Waals surface area contributed by atoms with Crippen LogP contribution in [0.25, 0.3) is 64.3 Å². The summed E-state index contributed by atoms with van der Waals surface area (Å²) in [6.45, 7) is 0. The van der Waals surface area contributed by atoms with Crippen LogP contribution in [0.3, 0.4) is 0 Å². The maximum atomic E-state index is 2.40. The van der Waals surface area contributed by atoms with Gasteiger partial charge in [-0.15, -0.1) is 11.3 Å². The maximum absolute atomic E-state index is 2.40. The van der Waals surface area contributed by atoms with E-state index in [1.54, 1.807) is 11.3 Å². The molecular formula is C30H18S. The highest BCUT2D eigenvalue weighted by Crippen LogP contribution is 2.44. The van der Waals surface area contributed by atoms with Gasteiger partial charge in [-0.3, -0.25) is 0 Å². The first-order valence-corrected chi connectivity index (χ1v) is 11.5. The van der Waals surface area contributed by atoms with Crippen molar-refractivity contribution < 1.29 is 0 Å². The molecule has 0 atom stereocenters. The van der Waals surface area contributed by atoms with E-state index in [2.05, 4.69) is 109 Å². The quantitative estimate of drug-likeness (QED) is 0.237. The molecule has 0 amide bonds. The number of benzene rings is 6. The van der Waals surface area contributed by atoms with Crippen LogP contribution in [0.4, 0.5) is 0 Å². The molecule has 0 saturated carbocycles. The molecule has 0 radical (unpaired) electrons. The first-order valence-electron chi connectivity index (χ1n) is 10.6. The van der Waals surface area contributed by atoms with Gasteiger partial charge in [0.2, 0.25) is 0 Å². The fraction of sp³-hybridized carbons (Fsp3) is 0. The highest BCUT2D eigenvalue weighted by Gasteiger charge is 2.16. The van der Waals surface area contributed by atoms with Crippen molar-refractivity contribution in [1.29, 1.82) is 0 Å². The van der Waals surface area contributed by atoms with Crippen molar-refractivity contribution in [3.8, 4) is 10.4 Å². The molecule has 31 heavy (non-hydrogen) atoms. The Morgan fingerprint density at radius 3 is 1.39 bits per heavy atom. The number of thiophene rings is 1. The predicted molar refractivity (Wildman–Crippen MR) is 137 cm³/mol. The van der Waals surface area contributed by atoms with E-state index in [9.17, 15) is 0 Å². The van der Waals surface area contributed by atoms with Gasteiger partial charge in [0.25, 0.3) is 0 Å². The van der Waals surface area contributed by atoms with Gasteiger partial charge in [0.15, 0.2) is 0 Å². The van der Waals surface area contributed by atoms with Crippen LogP contribution in [0.2, 0.25) is 0 Å². The average Bonchev–Trinajstić information content (AvgIpc) is 3.38. The molecule has 0 fully saturated rings. The molecule has 0 saturated heterocycles. The Labute approximate surface area is 184 Å². The molecule has 0 bridgehead atoms. The minimum absolute atomic E-state index is 1.29. The molecule has 6 aromatic carbocycles. The first kappa shape index (κ1) is 17.0. The van der Waals surface area contributed by atoms with Crippen molar-refractivity contribution in [2.24, 2.45) is 0 Å². The lowest BCUT2D eigenvalue weighted by Crippen LogP contribution is -1.88. The van der Waals surface area contributed by atoms with Crippen molar-refractivity contribution in [1.82, 2.24) is 0 Å². The lowest BCUT2D eigenvalue weighted by Gasteiger charge is -2.16. The Bertz CT molecular complexity index is 1760.